The molecule has 2 atom stereocenters. The van der Waals surface area contributed by atoms with E-state index in [0.717, 1.165) is 25.9 Å². The van der Waals surface area contributed by atoms with E-state index in [9.17, 15) is 4.79 Å². The summed E-state index contributed by atoms with van der Waals surface area (Å²) in [5, 5.41) is 3.79. The molecule has 2 rings (SSSR count). The average Bonchev–Trinajstić information content (AvgIpc) is 2.53. The molecule has 21 heavy (non-hydrogen) atoms. The Morgan fingerprint density at radius 3 is 2.95 bits per heavy atom. The number of ether oxygens (including phenoxy) is 1. The Morgan fingerprint density at radius 2 is 2.29 bits per heavy atom. The first-order valence-electron chi connectivity index (χ1n) is 7.53. The van der Waals surface area contributed by atoms with Gasteiger partial charge in [0.25, 0.3) is 5.91 Å². The van der Waals surface area contributed by atoms with Crippen molar-refractivity contribution in [1.82, 2.24) is 10.2 Å². The minimum Gasteiger partial charge on any atom is -0.479 e. The number of nitrogens with one attached hydrogen (secondary N) is 1. The largest absolute Gasteiger partial charge is 0.479 e. The number of carbonyl (C=O) groups is 1. The first kappa shape index (κ1) is 16.1. The summed E-state index contributed by atoms with van der Waals surface area (Å²) >= 11 is 6.10. The Bertz CT molecular complexity index is 481. The fraction of sp³-hybridized carbons (Fsp3) is 0.562. The van der Waals surface area contributed by atoms with Crippen LogP contribution in [0, 0.1) is 0 Å². The van der Waals surface area contributed by atoms with Crippen LogP contribution in [-0.2, 0) is 4.79 Å². The van der Waals surface area contributed by atoms with Crippen molar-refractivity contribution in [3.63, 3.8) is 0 Å². The van der Waals surface area contributed by atoms with Gasteiger partial charge < -0.3 is 15.0 Å². The number of para-hydroxylation sites is 1. The Morgan fingerprint density at radius 1 is 1.52 bits per heavy atom. The van der Waals surface area contributed by atoms with Crippen molar-refractivity contribution < 1.29 is 9.53 Å². The van der Waals surface area contributed by atoms with Crippen molar-refractivity contribution in [3.05, 3.63) is 29.3 Å². The van der Waals surface area contributed by atoms with E-state index in [2.05, 4.69) is 5.32 Å². The first-order chi connectivity index (χ1) is 10.2. The molecular formula is C16H23ClN2O2. The molecule has 1 aromatic rings. The first-order valence-corrected chi connectivity index (χ1v) is 7.90. The second kappa shape index (κ2) is 7.66. The molecule has 5 heteroatoms. The summed E-state index contributed by atoms with van der Waals surface area (Å²) in [7, 11) is 1.94. The van der Waals surface area contributed by atoms with Crippen molar-refractivity contribution in [2.45, 2.75) is 38.3 Å². The van der Waals surface area contributed by atoms with Crippen molar-refractivity contribution >= 4 is 17.5 Å². The van der Waals surface area contributed by atoms with Gasteiger partial charge in [-0.2, -0.15) is 0 Å². The number of piperidine rings is 1. The molecule has 1 heterocycles. The summed E-state index contributed by atoms with van der Waals surface area (Å²) in [5.41, 5.74) is 0. The van der Waals surface area contributed by atoms with E-state index in [1.54, 1.807) is 12.1 Å². The number of amides is 1. The number of likely N-dealkylation sites (N-methyl/N-ethyl adjacent to an activating group) is 1. The Labute approximate surface area is 131 Å². The zero-order chi connectivity index (χ0) is 15.2. The highest BCUT2D eigenvalue weighted by Gasteiger charge is 2.29. The standard InChI is InChI=1S/C16H23ClN2O2/c1-3-14(21-15-9-5-4-8-13(15)17)16(20)19-10-6-7-12(11-19)18-2/h4-5,8-9,12,14,18H,3,6-7,10-11H2,1-2H3. The van der Waals surface area contributed by atoms with E-state index in [-0.39, 0.29) is 5.91 Å². The van der Waals surface area contributed by atoms with Gasteiger partial charge in [-0.25, -0.2) is 0 Å². The fourth-order valence-electron chi connectivity index (χ4n) is 2.62. The molecule has 0 saturated carbocycles. The summed E-state index contributed by atoms with van der Waals surface area (Å²) < 4.78 is 5.83. The lowest BCUT2D eigenvalue weighted by Gasteiger charge is -2.34. The Balaban J connectivity index is 2.03. The molecule has 1 fully saturated rings. The van der Waals surface area contributed by atoms with Crippen LogP contribution >= 0.6 is 11.6 Å². The van der Waals surface area contributed by atoms with Crippen LogP contribution in [0.2, 0.25) is 5.02 Å². The van der Waals surface area contributed by atoms with E-state index >= 15 is 0 Å². The molecule has 4 nitrogen and oxygen atoms in total. The molecule has 0 aliphatic carbocycles. The van der Waals surface area contributed by atoms with Crippen molar-refractivity contribution in [2.24, 2.45) is 0 Å². The molecule has 116 valence electrons. The molecule has 0 aromatic heterocycles. The zero-order valence-corrected chi connectivity index (χ0v) is 13.4. The normalized spacial score (nSPS) is 20.1. The van der Waals surface area contributed by atoms with E-state index in [1.165, 1.54) is 0 Å². The van der Waals surface area contributed by atoms with E-state index in [4.69, 9.17) is 16.3 Å². The SMILES string of the molecule is CCC(Oc1ccccc1Cl)C(=O)N1CCCC(NC)C1. The summed E-state index contributed by atoms with van der Waals surface area (Å²) in [5.74, 6) is 0.624. The van der Waals surface area contributed by atoms with Crippen LogP contribution in [0.25, 0.3) is 0 Å². The van der Waals surface area contributed by atoms with Crippen LogP contribution < -0.4 is 10.1 Å². The average molecular weight is 311 g/mol. The maximum Gasteiger partial charge on any atom is 0.263 e. The smallest absolute Gasteiger partial charge is 0.263 e. The number of rotatable bonds is 5. The molecule has 0 spiro atoms. The molecule has 0 radical (unpaired) electrons. The number of carbonyl (C=O) groups excluding carboxylic acids is 1. The lowest BCUT2D eigenvalue weighted by atomic mass is 10.0. The highest BCUT2D eigenvalue weighted by molar-refractivity contribution is 6.32. The van der Waals surface area contributed by atoms with Gasteiger partial charge in [-0.3, -0.25) is 4.79 Å². The van der Waals surface area contributed by atoms with Gasteiger partial charge in [0.15, 0.2) is 6.10 Å². The third kappa shape index (κ3) is 4.11. The van der Waals surface area contributed by atoms with Gasteiger partial charge in [0.2, 0.25) is 0 Å². The van der Waals surface area contributed by atoms with Crippen molar-refractivity contribution in [1.29, 1.82) is 0 Å². The second-order valence-corrected chi connectivity index (χ2v) is 5.76. The van der Waals surface area contributed by atoms with Crippen LogP contribution in [0.5, 0.6) is 5.75 Å². The Kier molecular flexibility index (Phi) is 5.88. The third-order valence-electron chi connectivity index (χ3n) is 3.89. The van der Waals surface area contributed by atoms with Gasteiger partial charge in [0.05, 0.1) is 5.02 Å². The molecule has 1 saturated heterocycles. The van der Waals surface area contributed by atoms with Crippen LogP contribution in [-0.4, -0.2) is 43.1 Å². The molecule has 2 unspecified atom stereocenters. The van der Waals surface area contributed by atoms with Crippen LogP contribution in [0.15, 0.2) is 24.3 Å². The van der Waals surface area contributed by atoms with Gasteiger partial charge in [0.1, 0.15) is 5.75 Å². The van der Waals surface area contributed by atoms with Crippen LogP contribution in [0.3, 0.4) is 0 Å². The zero-order valence-electron chi connectivity index (χ0n) is 12.6. The second-order valence-electron chi connectivity index (χ2n) is 5.36. The predicted molar refractivity (Wildman–Crippen MR) is 84.8 cm³/mol. The van der Waals surface area contributed by atoms with Crippen LogP contribution in [0.1, 0.15) is 26.2 Å². The maximum atomic E-state index is 12.6. The number of benzene rings is 1. The maximum absolute atomic E-state index is 12.6. The summed E-state index contributed by atoms with van der Waals surface area (Å²) in [6, 6.07) is 7.65. The minimum atomic E-state index is -0.472. The molecule has 0 bridgehead atoms. The quantitative estimate of drug-likeness (QED) is 0.909. The topological polar surface area (TPSA) is 41.6 Å². The fourth-order valence-corrected chi connectivity index (χ4v) is 2.80. The summed E-state index contributed by atoms with van der Waals surface area (Å²) in [6.45, 7) is 3.51. The van der Waals surface area contributed by atoms with Crippen molar-refractivity contribution in [3.8, 4) is 5.75 Å². The Hall–Kier alpha value is -1.26. The monoisotopic (exact) mass is 310 g/mol. The summed E-state index contributed by atoms with van der Waals surface area (Å²) in [6.07, 6.45) is 2.30. The highest BCUT2D eigenvalue weighted by Crippen LogP contribution is 2.25. The van der Waals surface area contributed by atoms with Gasteiger partial charge in [-0.1, -0.05) is 30.7 Å². The number of hydrogen-bond donors (Lipinski definition) is 1. The van der Waals surface area contributed by atoms with Gasteiger partial charge in [-0.05, 0) is 38.4 Å². The number of hydrogen-bond acceptors (Lipinski definition) is 3. The molecule has 1 amide bonds. The minimum absolute atomic E-state index is 0.0531. The van der Waals surface area contributed by atoms with Crippen LogP contribution in [0.4, 0.5) is 0 Å². The third-order valence-corrected chi connectivity index (χ3v) is 4.21. The highest BCUT2D eigenvalue weighted by atomic mass is 35.5. The van der Waals surface area contributed by atoms with E-state index in [0.29, 0.717) is 23.2 Å². The van der Waals surface area contributed by atoms with Gasteiger partial charge in [0, 0.05) is 19.1 Å². The lowest BCUT2D eigenvalue weighted by Crippen LogP contribution is -2.51. The van der Waals surface area contributed by atoms with Crippen molar-refractivity contribution in [2.75, 3.05) is 20.1 Å². The number of nitrogens with zero attached hydrogens (tertiary/aromatic N) is 1. The van der Waals surface area contributed by atoms with Gasteiger partial charge >= 0.3 is 0 Å². The summed E-state index contributed by atoms with van der Waals surface area (Å²) in [4.78, 5) is 14.5. The molecule has 1 aliphatic heterocycles. The predicted octanol–water partition coefficient (Wildman–Crippen LogP) is 2.71. The van der Waals surface area contributed by atoms with E-state index < -0.39 is 6.10 Å². The molecular weight excluding hydrogens is 288 g/mol. The van der Waals surface area contributed by atoms with E-state index in [1.807, 2.05) is 31.0 Å². The lowest BCUT2D eigenvalue weighted by molar-refractivity contribution is -0.140. The molecule has 1 N–H and O–H groups in total. The van der Waals surface area contributed by atoms with Gasteiger partial charge in [-0.15, -0.1) is 0 Å². The molecule has 1 aliphatic rings. The number of likely N-dealkylation sites (tertiary alicyclic amines) is 1. The molecule has 1 aromatic carbocycles. The number of halogens is 1.